The first-order valence-electron chi connectivity index (χ1n) is 17.3. The minimum atomic E-state index is -0.962. The van der Waals surface area contributed by atoms with Crippen LogP contribution in [-0.4, -0.2) is 26.1 Å². The van der Waals surface area contributed by atoms with Crippen molar-refractivity contribution in [1.82, 2.24) is 9.13 Å². The van der Waals surface area contributed by atoms with Crippen molar-refractivity contribution < 1.29 is 4.74 Å². The number of hydrogen-bond acceptors (Lipinski definition) is 3. The molecule has 46 heavy (non-hydrogen) atoms. The number of anilines is 1. The highest BCUT2D eigenvalue weighted by molar-refractivity contribution is 5.56. The number of benzene rings is 3. The fraction of sp³-hybridized carbons (Fsp3) is 0.488. The Kier molecular flexibility index (Phi) is 8.98. The summed E-state index contributed by atoms with van der Waals surface area (Å²) < 4.78 is 12.2. The summed E-state index contributed by atoms with van der Waals surface area (Å²) in [5, 5.41) is 0. The molecule has 0 bridgehead atoms. The minimum Gasteiger partial charge on any atom is -0.327 e. The van der Waals surface area contributed by atoms with Crippen molar-refractivity contribution in [2.24, 2.45) is 10.9 Å². The quantitative estimate of drug-likeness (QED) is 0.197. The van der Waals surface area contributed by atoms with Crippen LogP contribution in [0.3, 0.4) is 0 Å². The van der Waals surface area contributed by atoms with Crippen LogP contribution in [0.2, 0.25) is 0 Å². The van der Waals surface area contributed by atoms with E-state index in [9.17, 15) is 0 Å². The van der Waals surface area contributed by atoms with Crippen molar-refractivity contribution in [3.05, 3.63) is 105 Å². The molecule has 5 rings (SSSR count). The van der Waals surface area contributed by atoms with E-state index in [0.717, 1.165) is 30.6 Å². The highest BCUT2D eigenvalue weighted by atomic mass is 16.6. The van der Waals surface area contributed by atoms with Crippen molar-refractivity contribution in [3.63, 3.8) is 0 Å². The second-order valence-electron chi connectivity index (χ2n) is 14.4. The zero-order valence-electron chi connectivity index (χ0n) is 30.7. The molecule has 1 aromatic heterocycles. The molecule has 4 aromatic rings. The Morgan fingerprint density at radius 1 is 0.674 bits per heavy atom. The number of imidazole rings is 1. The lowest BCUT2D eigenvalue weighted by molar-refractivity contribution is -0.129. The molecule has 1 fully saturated rings. The van der Waals surface area contributed by atoms with Gasteiger partial charge in [-0.25, -0.2) is 0 Å². The molecule has 4 atom stereocenters. The summed E-state index contributed by atoms with van der Waals surface area (Å²) in [6.07, 6.45) is 7.09. The largest absolute Gasteiger partial charge is 0.327 e. The standard InChI is InChI=1S/C41H56N4O/c1-14-34(11)41(45(35-19-17-27(4)18-20-35)39(12,15-2)40(13,16-3)46-41)42-38-43(36-30(7)23-28(5)24-31(36)8)21-22-44(38)37-32(9)25-29(6)26-33(37)10/h17-26,34H,14-16H2,1-13H3. The Hall–Kier alpha value is -3.57. The van der Waals surface area contributed by atoms with Crippen LogP contribution < -0.4 is 10.5 Å². The SMILES string of the molecule is CCC(C)C1(N=c2n(-c3c(C)cc(C)cc3C)ccn2-c2c(C)cc(C)cc2C)OC(C)(CC)C(C)(CC)N1c1ccc(C)cc1. The normalized spacial score (nSPS) is 23.6. The summed E-state index contributed by atoms with van der Waals surface area (Å²) in [7, 11) is 0. The molecule has 0 aliphatic carbocycles. The van der Waals surface area contributed by atoms with Gasteiger partial charge in [0.1, 0.15) is 0 Å². The number of rotatable bonds is 8. The molecule has 5 nitrogen and oxygen atoms in total. The monoisotopic (exact) mass is 620 g/mol. The lowest BCUT2D eigenvalue weighted by Crippen LogP contribution is -2.59. The van der Waals surface area contributed by atoms with E-state index in [4.69, 9.17) is 9.73 Å². The predicted octanol–water partition coefficient (Wildman–Crippen LogP) is 9.90. The second-order valence-corrected chi connectivity index (χ2v) is 14.4. The van der Waals surface area contributed by atoms with Gasteiger partial charge < -0.3 is 9.64 Å². The highest BCUT2D eigenvalue weighted by Crippen LogP contribution is 2.55. The van der Waals surface area contributed by atoms with E-state index in [2.05, 4.69) is 165 Å². The third kappa shape index (κ3) is 5.25. The topological polar surface area (TPSA) is 34.7 Å². The fourth-order valence-electron chi connectivity index (χ4n) is 8.08. The van der Waals surface area contributed by atoms with Crippen LogP contribution in [0.15, 0.2) is 65.9 Å². The Balaban J connectivity index is 1.98. The Morgan fingerprint density at radius 3 is 1.52 bits per heavy atom. The van der Waals surface area contributed by atoms with Gasteiger partial charge in [0.15, 0.2) is 0 Å². The first-order chi connectivity index (χ1) is 21.7. The third-order valence-electron chi connectivity index (χ3n) is 11.0. The molecule has 3 aromatic carbocycles. The lowest BCUT2D eigenvalue weighted by Gasteiger charge is -2.47. The minimum absolute atomic E-state index is 0.0882. The van der Waals surface area contributed by atoms with Gasteiger partial charge in [0.25, 0.3) is 0 Å². The maximum absolute atomic E-state index is 7.59. The lowest BCUT2D eigenvalue weighted by atomic mass is 9.77. The molecule has 1 aliphatic heterocycles. The predicted molar refractivity (Wildman–Crippen MR) is 193 cm³/mol. The summed E-state index contributed by atoms with van der Waals surface area (Å²) in [4.78, 5) is 8.52. The van der Waals surface area contributed by atoms with E-state index in [-0.39, 0.29) is 11.5 Å². The van der Waals surface area contributed by atoms with Crippen molar-refractivity contribution in [1.29, 1.82) is 0 Å². The van der Waals surface area contributed by atoms with Gasteiger partial charge in [-0.1, -0.05) is 80.8 Å². The average Bonchev–Trinajstić information content (AvgIpc) is 3.46. The molecular weight excluding hydrogens is 564 g/mol. The van der Waals surface area contributed by atoms with Gasteiger partial charge in [-0.3, -0.25) is 9.13 Å². The Labute approximate surface area is 278 Å². The maximum Gasteiger partial charge on any atom is 0.246 e. The maximum atomic E-state index is 7.59. The molecule has 246 valence electrons. The molecule has 5 heteroatoms. The third-order valence-corrected chi connectivity index (χ3v) is 11.0. The van der Waals surface area contributed by atoms with Gasteiger partial charge in [-0.05, 0) is 116 Å². The van der Waals surface area contributed by atoms with Crippen molar-refractivity contribution >= 4 is 5.69 Å². The van der Waals surface area contributed by atoms with E-state index in [1.807, 2.05) is 0 Å². The van der Waals surface area contributed by atoms with E-state index in [0.29, 0.717) is 0 Å². The van der Waals surface area contributed by atoms with Crippen molar-refractivity contribution in [2.75, 3.05) is 4.90 Å². The summed E-state index contributed by atoms with van der Waals surface area (Å²) in [5.41, 5.74) is 12.3. The first kappa shape index (κ1) is 33.8. The van der Waals surface area contributed by atoms with Gasteiger partial charge in [0.05, 0.1) is 22.5 Å². The number of aryl methyl sites for hydroxylation is 7. The molecule has 0 N–H and O–H groups in total. The molecule has 1 saturated heterocycles. The molecule has 1 aliphatic rings. The van der Waals surface area contributed by atoms with Crippen molar-refractivity contribution in [3.8, 4) is 11.4 Å². The van der Waals surface area contributed by atoms with Crippen LogP contribution in [0.1, 0.15) is 99.7 Å². The van der Waals surface area contributed by atoms with Gasteiger partial charge in [-0.15, -0.1) is 0 Å². The zero-order chi connectivity index (χ0) is 33.8. The molecule has 0 saturated carbocycles. The summed E-state index contributed by atoms with van der Waals surface area (Å²) >= 11 is 0. The van der Waals surface area contributed by atoms with E-state index < -0.39 is 11.4 Å². The molecular formula is C41H56N4O. The number of ether oxygens (including phenoxy) is 1. The summed E-state index contributed by atoms with van der Waals surface area (Å²) in [5.74, 6) is -0.874. The van der Waals surface area contributed by atoms with Gasteiger partial charge in [0, 0.05) is 24.0 Å². The van der Waals surface area contributed by atoms with E-state index >= 15 is 0 Å². The van der Waals surface area contributed by atoms with Crippen molar-refractivity contribution in [2.45, 2.75) is 126 Å². The molecule has 0 radical (unpaired) electrons. The number of nitrogens with zero attached hydrogens (tertiary/aromatic N) is 4. The second kappa shape index (κ2) is 12.2. The van der Waals surface area contributed by atoms with Gasteiger partial charge in [-0.2, -0.15) is 4.99 Å². The molecule has 2 heterocycles. The summed E-state index contributed by atoms with van der Waals surface area (Å²) in [6.45, 7) is 29.2. The number of hydrogen-bond donors (Lipinski definition) is 0. The first-order valence-corrected chi connectivity index (χ1v) is 17.3. The Bertz CT molecular complexity index is 1690. The van der Waals surface area contributed by atoms with Gasteiger partial charge >= 0.3 is 0 Å². The zero-order valence-corrected chi connectivity index (χ0v) is 30.7. The smallest absolute Gasteiger partial charge is 0.246 e. The van der Waals surface area contributed by atoms with Crippen LogP contribution in [0.4, 0.5) is 5.69 Å². The van der Waals surface area contributed by atoms with Crippen LogP contribution >= 0.6 is 0 Å². The van der Waals surface area contributed by atoms with Crippen LogP contribution in [0.5, 0.6) is 0 Å². The van der Waals surface area contributed by atoms with Crippen LogP contribution in [-0.2, 0) is 4.74 Å². The van der Waals surface area contributed by atoms with E-state index in [1.165, 1.54) is 50.3 Å². The Morgan fingerprint density at radius 2 is 1.13 bits per heavy atom. The fourth-order valence-corrected chi connectivity index (χ4v) is 8.08. The highest BCUT2D eigenvalue weighted by Gasteiger charge is 2.66. The van der Waals surface area contributed by atoms with Crippen LogP contribution in [0, 0.1) is 54.4 Å². The molecule has 0 spiro atoms. The molecule has 0 amide bonds. The average molecular weight is 621 g/mol. The molecule has 4 unspecified atom stereocenters. The van der Waals surface area contributed by atoms with Gasteiger partial charge in [0.2, 0.25) is 11.5 Å². The number of aromatic nitrogens is 2. The van der Waals surface area contributed by atoms with Crippen LogP contribution in [0.25, 0.3) is 11.4 Å². The van der Waals surface area contributed by atoms with E-state index in [1.54, 1.807) is 0 Å². The summed E-state index contributed by atoms with van der Waals surface area (Å²) in [6, 6.07) is 18.1.